The molecule has 9 heteroatoms. The summed E-state index contributed by atoms with van der Waals surface area (Å²) in [7, 11) is 1.64. The normalized spacial score (nSPS) is 11.0. The van der Waals surface area contributed by atoms with Gasteiger partial charge in [-0.1, -0.05) is 11.8 Å². The summed E-state index contributed by atoms with van der Waals surface area (Å²) < 4.78 is 7.66. The summed E-state index contributed by atoms with van der Waals surface area (Å²) in [6.45, 7) is 0. The third-order valence-electron chi connectivity index (χ3n) is 2.81. The molecule has 0 aliphatic rings. The van der Waals surface area contributed by atoms with Crippen molar-refractivity contribution in [2.45, 2.75) is 5.16 Å². The molecule has 0 atom stereocenters. The van der Waals surface area contributed by atoms with E-state index in [-0.39, 0.29) is 5.95 Å². The number of fused-ring (bicyclic) bond motifs is 1. The van der Waals surface area contributed by atoms with Crippen molar-refractivity contribution in [2.75, 3.05) is 19.1 Å². The highest BCUT2D eigenvalue weighted by Crippen LogP contribution is 2.26. The molecule has 3 rings (SSSR count). The highest BCUT2D eigenvalue weighted by Gasteiger charge is 2.13. The standard InChI is InChI=1S/C12H11IN6OS/c1-20-8-4-3-6(5-7(8)13)9-15-11-17-12(21-2)16-10(14)19(11)18-9/h3-5H,1-2H3,(H2,14,15,16,17,18). The quantitative estimate of drug-likeness (QED) is 0.519. The zero-order valence-electron chi connectivity index (χ0n) is 11.2. The number of methoxy groups -OCH3 is 1. The molecular weight excluding hydrogens is 403 g/mol. The van der Waals surface area contributed by atoms with Crippen LogP contribution in [0.4, 0.5) is 5.95 Å². The molecule has 0 spiro atoms. The predicted molar refractivity (Wildman–Crippen MR) is 89.5 cm³/mol. The van der Waals surface area contributed by atoms with Crippen LogP contribution in [0.1, 0.15) is 0 Å². The fraction of sp³-hybridized carbons (Fsp3) is 0.167. The Bertz CT molecular complexity index is 821. The summed E-state index contributed by atoms with van der Waals surface area (Å²) >= 11 is 3.62. The van der Waals surface area contributed by atoms with Crippen LogP contribution in [-0.4, -0.2) is 37.9 Å². The smallest absolute Gasteiger partial charge is 0.258 e. The number of rotatable bonds is 3. The van der Waals surface area contributed by atoms with Crippen LogP contribution in [-0.2, 0) is 0 Å². The molecule has 0 saturated carbocycles. The second-order valence-electron chi connectivity index (χ2n) is 4.07. The molecule has 1 aromatic carbocycles. The number of aromatic nitrogens is 5. The van der Waals surface area contributed by atoms with E-state index in [0.717, 1.165) is 14.9 Å². The van der Waals surface area contributed by atoms with Crippen LogP contribution in [0.25, 0.3) is 17.2 Å². The fourth-order valence-electron chi connectivity index (χ4n) is 1.80. The SMILES string of the molecule is COc1ccc(-c2nc3nc(SC)nc(N)n3n2)cc1I. The number of thioether (sulfide) groups is 1. The van der Waals surface area contributed by atoms with Gasteiger partial charge in [-0.2, -0.15) is 19.5 Å². The maximum atomic E-state index is 5.87. The van der Waals surface area contributed by atoms with Gasteiger partial charge in [-0.05, 0) is 47.0 Å². The van der Waals surface area contributed by atoms with E-state index in [1.54, 1.807) is 7.11 Å². The molecule has 0 bridgehead atoms. The highest BCUT2D eigenvalue weighted by molar-refractivity contribution is 14.1. The number of benzene rings is 1. The minimum absolute atomic E-state index is 0.270. The van der Waals surface area contributed by atoms with Crippen LogP contribution in [0.15, 0.2) is 23.4 Å². The Hall–Kier alpha value is -1.62. The van der Waals surface area contributed by atoms with Crippen molar-refractivity contribution in [3.63, 3.8) is 0 Å². The molecule has 2 aromatic heterocycles. The fourth-order valence-corrected chi connectivity index (χ4v) is 2.90. The lowest BCUT2D eigenvalue weighted by atomic mass is 10.2. The third-order valence-corrected chi connectivity index (χ3v) is 4.20. The Morgan fingerprint density at radius 3 is 2.76 bits per heavy atom. The molecule has 0 unspecified atom stereocenters. The molecule has 0 aliphatic heterocycles. The van der Waals surface area contributed by atoms with E-state index in [1.807, 2.05) is 24.5 Å². The molecular formula is C12H11IN6OS. The van der Waals surface area contributed by atoms with Gasteiger partial charge in [0.25, 0.3) is 5.78 Å². The summed E-state index contributed by atoms with van der Waals surface area (Å²) in [6.07, 6.45) is 1.88. The molecule has 0 amide bonds. The number of nitrogen functional groups attached to an aromatic ring is 1. The zero-order chi connectivity index (χ0) is 15.0. The Labute approximate surface area is 138 Å². The lowest BCUT2D eigenvalue weighted by Crippen LogP contribution is -2.04. The van der Waals surface area contributed by atoms with Gasteiger partial charge in [-0.25, -0.2) is 0 Å². The van der Waals surface area contributed by atoms with Crippen molar-refractivity contribution in [1.82, 2.24) is 24.6 Å². The van der Waals surface area contributed by atoms with Crippen LogP contribution in [0, 0.1) is 3.57 Å². The summed E-state index contributed by atoms with van der Waals surface area (Å²) in [5.41, 5.74) is 6.75. The monoisotopic (exact) mass is 414 g/mol. The van der Waals surface area contributed by atoms with Crippen molar-refractivity contribution in [2.24, 2.45) is 0 Å². The molecule has 3 aromatic rings. The molecule has 0 radical (unpaired) electrons. The van der Waals surface area contributed by atoms with Crippen LogP contribution in [0.3, 0.4) is 0 Å². The van der Waals surface area contributed by atoms with Gasteiger partial charge in [0.2, 0.25) is 5.95 Å². The average Bonchev–Trinajstić information content (AvgIpc) is 2.91. The Morgan fingerprint density at radius 1 is 1.29 bits per heavy atom. The van der Waals surface area contributed by atoms with E-state index in [1.165, 1.54) is 16.3 Å². The van der Waals surface area contributed by atoms with Gasteiger partial charge in [0.15, 0.2) is 11.0 Å². The van der Waals surface area contributed by atoms with Gasteiger partial charge in [0.1, 0.15) is 5.75 Å². The molecule has 21 heavy (non-hydrogen) atoms. The van der Waals surface area contributed by atoms with Gasteiger partial charge < -0.3 is 10.5 Å². The lowest BCUT2D eigenvalue weighted by Gasteiger charge is -2.03. The third kappa shape index (κ3) is 2.62. The first-order chi connectivity index (χ1) is 10.1. The highest BCUT2D eigenvalue weighted by atomic mass is 127. The molecule has 108 valence electrons. The number of hydrogen-bond acceptors (Lipinski definition) is 7. The number of nitrogens with zero attached hydrogens (tertiary/aromatic N) is 5. The molecule has 2 heterocycles. The van der Waals surface area contributed by atoms with Crippen molar-refractivity contribution in [1.29, 1.82) is 0 Å². The Morgan fingerprint density at radius 2 is 2.10 bits per heavy atom. The van der Waals surface area contributed by atoms with E-state index in [4.69, 9.17) is 10.5 Å². The first-order valence-corrected chi connectivity index (χ1v) is 8.21. The van der Waals surface area contributed by atoms with E-state index >= 15 is 0 Å². The minimum Gasteiger partial charge on any atom is -0.496 e. The first-order valence-electron chi connectivity index (χ1n) is 5.90. The number of ether oxygens (including phenoxy) is 1. The van der Waals surface area contributed by atoms with Crippen molar-refractivity contribution < 1.29 is 4.74 Å². The first kappa shape index (κ1) is 14.3. The molecule has 2 N–H and O–H groups in total. The predicted octanol–water partition coefficient (Wildman–Crippen LogP) is 2.10. The Kier molecular flexibility index (Phi) is 3.85. The number of nitrogens with two attached hydrogens (primary N) is 1. The van der Waals surface area contributed by atoms with Crippen molar-refractivity contribution in [3.8, 4) is 17.1 Å². The molecule has 7 nitrogen and oxygen atoms in total. The second-order valence-corrected chi connectivity index (χ2v) is 6.00. The maximum Gasteiger partial charge on any atom is 0.258 e. The van der Waals surface area contributed by atoms with Crippen LogP contribution in [0.2, 0.25) is 0 Å². The number of halogens is 1. The second kappa shape index (κ2) is 5.64. The largest absolute Gasteiger partial charge is 0.496 e. The van der Waals surface area contributed by atoms with Crippen molar-refractivity contribution in [3.05, 3.63) is 21.8 Å². The van der Waals surface area contributed by atoms with Crippen LogP contribution >= 0.6 is 34.4 Å². The average molecular weight is 414 g/mol. The van der Waals surface area contributed by atoms with Crippen LogP contribution in [0.5, 0.6) is 5.75 Å². The molecule has 0 saturated heterocycles. The number of anilines is 1. The zero-order valence-corrected chi connectivity index (χ0v) is 14.2. The van der Waals surface area contributed by atoms with Gasteiger partial charge in [0.05, 0.1) is 10.7 Å². The summed E-state index contributed by atoms with van der Waals surface area (Å²) in [5, 5.41) is 4.93. The minimum atomic E-state index is 0.270. The summed E-state index contributed by atoms with van der Waals surface area (Å²) in [6, 6.07) is 5.73. The van der Waals surface area contributed by atoms with Gasteiger partial charge >= 0.3 is 0 Å². The van der Waals surface area contributed by atoms with Crippen molar-refractivity contribution >= 4 is 46.1 Å². The lowest BCUT2D eigenvalue weighted by molar-refractivity contribution is 0.412. The number of hydrogen-bond donors (Lipinski definition) is 1. The molecule has 0 aliphatic carbocycles. The van der Waals surface area contributed by atoms with Gasteiger partial charge in [0, 0.05) is 5.56 Å². The topological polar surface area (TPSA) is 91.2 Å². The maximum absolute atomic E-state index is 5.87. The van der Waals surface area contributed by atoms with Gasteiger partial charge in [-0.3, -0.25) is 0 Å². The van der Waals surface area contributed by atoms with E-state index in [9.17, 15) is 0 Å². The van der Waals surface area contributed by atoms with E-state index in [2.05, 4.69) is 42.6 Å². The van der Waals surface area contributed by atoms with Gasteiger partial charge in [-0.15, -0.1) is 5.10 Å². The summed E-state index contributed by atoms with van der Waals surface area (Å²) in [5.74, 6) is 2.07. The Balaban J connectivity index is 2.12. The summed E-state index contributed by atoms with van der Waals surface area (Å²) in [4.78, 5) is 12.8. The van der Waals surface area contributed by atoms with Crippen LogP contribution < -0.4 is 10.5 Å². The van der Waals surface area contributed by atoms with E-state index < -0.39 is 0 Å². The van der Waals surface area contributed by atoms with E-state index in [0.29, 0.717) is 16.8 Å². The molecule has 0 fully saturated rings.